The number of hydrogen-bond acceptors (Lipinski definition) is 2. The largest absolute Gasteiger partial charge is 0.356 e. The molecule has 14 heavy (non-hydrogen) atoms. The van der Waals surface area contributed by atoms with Crippen molar-refractivity contribution in [2.24, 2.45) is 5.73 Å². The first-order chi connectivity index (χ1) is 6.66. The molecule has 0 aliphatic heterocycles. The highest BCUT2D eigenvalue weighted by molar-refractivity contribution is 5.75. The van der Waals surface area contributed by atoms with Gasteiger partial charge in [-0.25, -0.2) is 0 Å². The second kappa shape index (κ2) is 8.75. The maximum absolute atomic E-state index is 11.2. The maximum Gasteiger partial charge on any atom is 0.220 e. The quantitative estimate of drug-likeness (QED) is 0.482. The lowest BCUT2D eigenvalue weighted by Gasteiger charge is -2.05. The van der Waals surface area contributed by atoms with E-state index in [1.54, 1.807) is 0 Å². The summed E-state index contributed by atoms with van der Waals surface area (Å²) in [4.78, 5) is 11.2. The Morgan fingerprint density at radius 2 is 2.29 bits per heavy atom. The number of nitrogens with two attached hydrogens (primary N) is 1. The molecule has 3 N–H and O–H groups in total. The van der Waals surface area contributed by atoms with Gasteiger partial charge < -0.3 is 11.1 Å². The van der Waals surface area contributed by atoms with Gasteiger partial charge >= 0.3 is 0 Å². The van der Waals surface area contributed by atoms with Gasteiger partial charge in [0.2, 0.25) is 5.91 Å². The standard InChI is InChI=1S/C11H22N2O/c1-3-4-5-9-13-11(14)8-6-7-10(2)12/h3-4,10H,5-9,12H2,1-2H3,(H,13,14)/b4-3+. The predicted octanol–water partition coefficient (Wildman–Crippen LogP) is 1.59. The minimum atomic E-state index is 0.134. The Morgan fingerprint density at radius 1 is 1.57 bits per heavy atom. The van der Waals surface area contributed by atoms with E-state index >= 15 is 0 Å². The van der Waals surface area contributed by atoms with Crippen LogP contribution in [-0.2, 0) is 4.79 Å². The first kappa shape index (κ1) is 13.2. The molecule has 3 heteroatoms. The lowest BCUT2D eigenvalue weighted by molar-refractivity contribution is -0.121. The molecule has 1 unspecified atom stereocenters. The third-order valence-electron chi connectivity index (χ3n) is 1.93. The highest BCUT2D eigenvalue weighted by Crippen LogP contribution is 1.97. The third kappa shape index (κ3) is 9.26. The van der Waals surface area contributed by atoms with Crippen LogP contribution in [0.4, 0.5) is 0 Å². The van der Waals surface area contributed by atoms with Crippen molar-refractivity contribution in [2.45, 2.75) is 45.6 Å². The van der Waals surface area contributed by atoms with E-state index in [0.717, 1.165) is 25.8 Å². The normalized spacial score (nSPS) is 13.1. The number of allylic oxidation sites excluding steroid dienone is 1. The number of carbonyl (C=O) groups is 1. The van der Waals surface area contributed by atoms with Crippen molar-refractivity contribution in [3.8, 4) is 0 Å². The molecule has 0 aliphatic carbocycles. The van der Waals surface area contributed by atoms with Gasteiger partial charge in [-0.2, -0.15) is 0 Å². The van der Waals surface area contributed by atoms with Gasteiger partial charge in [0.05, 0.1) is 0 Å². The highest BCUT2D eigenvalue weighted by Gasteiger charge is 2.00. The molecule has 0 aliphatic rings. The summed E-state index contributed by atoms with van der Waals surface area (Å²) in [7, 11) is 0. The average molecular weight is 198 g/mol. The van der Waals surface area contributed by atoms with E-state index < -0.39 is 0 Å². The Bertz CT molecular complexity index is 176. The molecule has 3 nitrogen and oxygen atoms in total. The van der Waals surface area contributed by atoms with Crippen LogP contribution in [0.1, 0.15) is 39.5 Å². The summed E-state index contributed by atoms with van der Waals surface area (Å²) in [6, 6.07) is 0.200. The number of nitrogens with one attached hydrogen (secondary N) is 1. The van der Waals surface area contributed by atoms with Gasteiger partial charge in [0.15, 0.2) is 0 Å². The van der Waals surface area contributed by atoms with Gasteiger partial charge in [0, 0.05) is 19.0 Å². The van der Waals surface area contributed by atoms with Crippen LogP contribution in [0.2, 0.25) is 0 Å². The summed E-state index contributed by atoms with van der Waals surface area (Å²) in [6.45, 7) is 4.68. The summed E-state index contributed by atoms with van der Waals surface area (Å²) in [5, 5.41) is 2.86. The molecule has 82 valence electrons. The second-order valence-electron chi connectivity index (χ2n) is 3.58. The molecule has 0 saturated carbocycles. The molecule has 0 radical (unpaired) electrons. The zero-order valence-corrected chi connectivity index (χ0v) is 9.25. The number of carbonyl (C=O) groups excluding carboxylic acids is 1. The second-order valence-corrected chi connectivity index (χ2v) is 3.58. The SMILES string of the molecule is C/C=C/CCNC(=O)CCCC(C)N. The van der Waals surface area contributed by atoms with Crippen molar-refractivity contribution < 1.29 is 4.79 Å². The van der Waals surface area contributed by atoms with E-state index in [1.807, 2.05) is 26.0 Å². The molecular weight excluding hydrogens is 176 g/mol. The van der Waals surface area contributed by atoms with Crippen molar-refractivity contribution in [3.63, 3.8) is 0 Å². The zero-order valence-electron chi connectivity index (χ0n) is 9.25. The Morgan fingerprint density at radius 3 is 2.86 bits per heavy atom. The molecular formula is C11H22N2O. The van der Waals surface area contributed by atoms with Crippen LogP contribution in [0.25, 0.3) is 0 Å². The number of rotatable bonds is 7. The summed E-state index contributed by atoms with van der Waals surface area (Å²) in [6.07, 6.45) is 7.34. The predicted molar refractivity (Wildman–Crippen MR) is 59.9 cm³/mol. The molecule has 0 saturated heterocycles. The topological polar surface area (TPSA) is 55.1 Å². The highest BCUT2D eigenvalue weighted by atomic mass is 16.1. The first-order valence-corrected chi connectivity index (χ1v) is 5.30. The monoisotopic (exact) mass is 198 g/mol. The van der Waals surface area contributed by atoms with Crippen LogP contribution >= 0.6 is 0 Å². The van der Waals surface area contributed by atoms with E-state index in [1.165, 1.54) is 0 Å². The van der Waals surface area contributed by atoms with Crippen molar-refractivity contribution >= 4 is 5.91 Å². The number of hydrogen-bond donors (Lipinski definition) is 2. The average Bonchev–Trinajstić information content (AvgIpc) is 2.12. The number of amides is 1. The van der Waals surface area contributed by atoms with Gasteiger partial charge in [-0.3, -0.25) is 4.79 Å². The Balaban J connectivity index is 3.28. The van der Waals surface area contributed by atoms with Gasteiger partial charge in [0.25, 0.3) is 0 Å². The van der Waals surface area contributed by atoms with Crippen LogP contribution in [0.3, 0.4) is 0 Å². The molecule has 0 fully saturated rings. The Labute approximate surface area is 86.8 Å². The van der Waals surface area contributed by atoms with Crippen molar-refractivity contribution in [1.82, 2.24) is 5.32 Å². The van der Waals surface area contributed by atoms with Crippen molar-refractivity contribution in [2.75, 3.05) is 6.54 Å². The van der Waals surface area contributed by atoms with Crippen molar-refractivity contribution in [1.29, 1.82) is 0 Å². The zero-order chi connectivity index (χ0) is 10.8. The van der Waals surface area contributed by atoms with Crippen LogP contribution in [0.5, 0.6) is 0 Å². The molecule has 0 spiro atoms. The fraction of sp³-hybridized carbons (Fsp3) is 0.727. The Hall–Kier alpha value is -0.830. The fourth-order valence-electron chi connectivity index (χ4n) is 1.13. The molecule has 0 aromatic rings. The summed E-state index contributed by atoms with van der Waals surface area (Å²) >= 11 is 0. The van der Waals surface area contributed by atoms with E-state index in [4.69, 9.17) is 5.73 Å². The van der Waals surface area contributed by atoms with Crippen LogP contribution in [-0.4, -0.2) is 18.5 Å². The smallest absolute Gasteiger partial charge is 0.220 e. The molecule has 0 bridgehead atoms. The summed E-state index contributed by atoms with van der Waals surface area (Å²) in [5.41, 5.74) is 5.58. The van der Waals surface area contributed by atoms with Crippen LogP contribution < -0.4 is 11.1 Å². The molecule has 1 atom stereocenters. The lowest BCUT2D eigenvalue weighted by atomic mass is 10.1. The van der Waals surface area contributed by atoms with E-state index in [0.29, 0.717) is 6.42 Å². The van der Waals surface area contributed by atoms with Gasteiger partial charge in [-0.1, -0.05) is 12.2 Å². The van der Waals surface area contributed by atoms with E-state index in [-0.39, 0.29) is 11.9 Å². The Kier molecular flexibility index (Phi) is 8.24. The van der Waals surface area contributed by atoms with E-state index in [2.05, 4.69) is 5.32 Å². The lowest BCUT2D eigenvalue weighted by Crippen LogP contribution is -2.24. The minimum Gasteiger partial charge on any atom is -0.356 e. The first-order valence-electron chi connectivity index (χ1n) is 5.30. The summed E-state index contributed by atoms with van der Waals surface area (Å²) in [5.74, 6) is 0.134. The molecule has 0 heterocycles. The maximum atomic E-state index is 11.2. The fourth-order valence-corrected chi connectivity index (χ4v) is 1.13. The van der Waals surface area contributed by atoms with E-state index in [9.17, 15) is 4.79 Å². The summed E-state index contributed by atoms with van der Waals surface area (Å²) < 4.78 is 0. The van der Waals surface area contributed by atoms with Crippen molar-refractivity contribution in [3.05, 3.63) is 12.2 Å². The molecule has 0 rings (SSSR count). The van der Waals surface area contributed by atoms with Crippen LogP contribution in [0.15, 0.2) is 12.2 Å². The van der Waals surface area contributed by atoms with Gasteiger partial charge in [0.1, 0.15) is 0 Å². The third-order valence-corrected chi connectivity index (χ3v) is 1.93. The molecule has 0 aromatic heterocycles. The minimum absolute atomic E-state index is 0.134. The molecule has 1 amide bonds. The van der Waals surface area contributed by atoms with Gasteiger partial charge in [-0.15, -0.1) is 0 Å². The van der Waals surface area contributed by atoms with Crippen LogP contribution in [0, 0.1) is 0 Å². The molecule has 0 aromatic carbocycles. The van der Waals surface area contributed by atoms with Gasteiger partial charge in [-0.05, 0) is 33.1 Å².